The van der Waals surface area contributed by atoms with Crippen LogP contribution in [0.15, 0.2) is 60.7 Å². The van der Waals surface area contributed by atoms with Gasteiger partial charge < -0.3 is 15.2 Å². The van der Waals surface area contributed by atoms with Crippen molar-refractivity contribution in [3.8, 4) is 0 Å². The summed E-state index contributed by atoms with van der Waals surface area (Å²) in [5.74, 6) is 0.0412. The van der Waals surface area contributed by atoms with Crippen molar-refractivity contribution < 1.29 is 24.2 Å². The molecule has 33 heavy (non-hydrogen) atoms. The third-order valence-electron chi connectivity index (χ3n) is 5.63. The van der Waals surface area contributed by atoms with Gasteiger partial charge in [0.2, 0.25) is 12.2 Å². The van der Waals surface area contributed by atoms with E-state index in [1.165, 1.54) is 0 Å². The van der Waals surface area contributed by atoms with Crippen LogP contribution in [0, 0.1) is 0 Å². The zero-order valence-electron chi connectivity index (χ0n) is 18.4. The number of hydrogen-bond donors (Lipinski definition) is 3. The lowest BCUT2D eigenvalue weighted by Gasteiger charge is -2.26. The van der Waals surface area contributed by atoms with E-state index in [4.69, 9.17) is 4.74 Å². The lowest BCUT2D eigenvalue weighted by atomic mass is 10.0. The molecule has 2 aromatic carbocycles. The van der Waals surface area contributed by atoms with Crippen molar-refractivity contribution in [3.63, 3.8) is 0 Å². The lowest BCUT2D eigenvalue weighted by Crippen LogP contribution is -2.54. The van der Waals surface area contributed by atoms with Gasteiger partial charge in [-0.3, -0.25) is 19.7 Å². The van der Waals surface area contributed by atoms with Crippen LogP contribution in [0.4, 0.5) is 0 Å². The number of amides is 1. The van der Waals surface area contributed by atoms with Gasteiger partial charge in [0.25, 0.3) is 0 Å². The summed E-state index contributed by atoms with van der Waals surface area (Å²) in [7, 11) is 0. The Labute approximate surface area is 198 Å². The Kier molecular flexibility index (Phi) is 9.93. The first-order chi connectivity index (χ1) is 16.1. The molecule has 4 atom stereocenters. The van der Waals surface area contributed by atoms with E-state index >= 15 is 0 Å². The smallest absolute Gasteiger partial charge is 0.306 e. The summed E-state index contributed by atoms with van der Waals surface area (Å²) in [5, 5.41) is 16.3. The highest BCUT2D eigenvalue weighted by molar-refractivity contribution is 8.00. The second-order valence-electron chi connectivity index (χ2n) is 7.98. The molecular weight excluding hydrogens is 440 g/mol. The minimum atomic E-state index is -1.34. The molecule has 0 aromatic heterocycles. The number of benzene rings is 2. The van der Waals surface area contributed by atoms with Crippen molar-refractivity contribution in [3.05, 3.63) is 71.8 Å². The molecule has 4 unspecified atom stereocenters. The van der Waals surface area contributed by atoms with Crippen molar-refractivity contribution in [2.75, 3.05) is 5.75 Å². The molecule has 1 saturated heterocycles. The van der Waals surface area contributed by atoms with Crippen LogP contribution in [0.25, 0.3) is 0 Å². The van der Waals surface area contributed by atoms with Crippen molar-refractivity contribution >= 4 is 29.9 Å². The van der Waals surface area contributed by atoms with Gasteiger partial charge in [-0.1, -0.05) is 67.1 Å². The number of nitrogens with one attached hydrogen (secondary N) is 2. The molecule has 0 saturated carbocycles. The largest absolute Gasteiger partial charge is 0.461 e. The van der Waals surface area contributed by atoms with E-state index < -0.39 is 12.0 Å². The fourth-order valence-corrected chi connectivity index (χ4v) is 5.44. The molecule has 1 amide bonds. The van der Waals surface area contributed by atoms with Gasteiger partial charge >= 0.3 is 5.97 Å². The molecule has 2 aromatic rings. The molecule has 0 aliphatic carbocycles. The Hall–Kier alpha value is -2.68. The van der Waals surface area contributed by atoms with Gasteiger partial charge in [0.05, 0.1) is 6.04 Å². The number of Topliss-reactive ketones (excluding diaryl/α,β-unsaturated/α-hetero) is 1. The Bertz CT molecular complexity index is 896. The van der Waals surface area contributed by atoms with Crippen LogP contribution in [0.1, 0.15) is 41.6 Å². The fourth-order valence-electron chi connectivity index (χ4n) is 3.87. The van der Waals surface area contributed by atoms with Crippen molar-refractivity contribution in [2.24, 2.45) is 0 Å². The minimum Gasteiger partial charge on any atom is -0.461 e. The van der Waals surface area contributed by atoms with E-state index in [0.29, 0.717) is 30.6 Å². The first-order valence-corrected chi connectivity index (χ1v) is 12.2. The van der Waals surface area contributed by atoms with Crippen LogP contribution < -0.4 is 10.6 Å². The molecular formula is C25H30N2O5S. The number of carbonyl (C=O) groups is 3. The minimum absolute atomic E-state index is 0.132. The number of aliphatic hydroxyl groups excluding tert-OH is 1. The second-order valence-corrected chi connectivity index (χ2v) is 9.25. The average molecular weight is 471 g/mol. The van der Waals surface area contributed by atoms with Crippen molar-refractivity contribution in [2.45, 2.75) is 55.9 Å². The number of unbranched alkanes of at least 4 members (excludes halogenated alkanes) is 1. The number of aliphatic hydroxyl groups is 1. The Morgan fingerprint density at radius 1 is 1.09 bits per heavy atom. The SMILES string of the molecule is O=CNC1C(NC(O)C(=O)c2ccccc2)CSC1CCCCC(=O)OCc1ccccc1. The summed E-state index contributed by atoms with van der Waals surface area (Å²) in [6.07, 6.45) is 1.99. The number of ketones is 1. The molecule has 8 heteroatoms. The second kappa shape index (κ2) is 13.1. The summed E-state index contributed by atoms with van der Waals surface area (Å²) in [6.45, 7) is 0.279. The average Bonchev–Trinajstić information content (AvgIpc) is 3.22. The summed E-state index contributed by atoms with van der Waals surface area (Å²) in [6, 6.07) is 17.7. The summed E-state index contributed by atoms with van der Waals surface area (Å²) >= 11 is 1.69. The standard InChI is InChI=1S/C25H30N2O5S/c28-17-26-23-20(27-25(31)24(30)19-11-5-2-6-12-19)16-33-21(23)13-7-8-14-22(29)32-15-18-9-3-1-4-10-18/h1-6,9-12,17,20-21,23,25,27,31H,7-8,13-16H2,(H,26,28). The predicted molar refractivity (Wildman–Crippen MR) is 128 cm³/mol. The number of rotatable bonds is 13. The lowest BCUT2D eigenvalue weighted by molar-refractivity contribution is -0.145. The van der Waals surface area contributed by atoms with E-state index in [1.54, 1.807) is 36.0 Å². The van der Waals surface area contributed by atoms with E-state index in [9.17, 15) is 19.5 Å². The molecule has 1 fully saturated rings. The zero-order chi connectivity index (χ0) is 23.5. The molecule has 1 aliphatic rings. The molecule has 1 aliphatic heterocycles. The van der Waals surface area contributed by atoms with Crippen LogP contribution in [0.5, 0.6) is 0 Å². The maximum Gasteiger partial charge on any atom is 0.306 e. The normalized spacial score (nSPS) is 20.7. The number of thioether (sulfide) groups is 1. The van der Waals surface area contributed by atoms with Crippen molar-refractivity contribution in [1.29, 1.82) is 0 Å². The molecule has 3 rings (SSSR count). The molecule has 176 valence electrons. The predicted octanol–water partition coefficient (Wildman–Crippen LogP) is 2.68. The fraction of sp³-hybridized carbons (Fsp3) is 0.400. The van der Waals surface area contributed by atoms with E-state index in [-0.39, 0.29) is 29.9 Å². The number of carbonyl (C=O) groups excluding carboxylic acids is 3. The Morgan fingerprint density at radius 2 is 1.79 bits per heavy atom. The van der Waals surface area contributed by atoms with Gasteiger partial charge in [-0.05, 0) is 18.4 Å². The van der Waals surface area contributed by atoms with E-state index in [1.807, 2.05) is 36.4 Å². The maximum atomic E-state index is 12.4. The van der Waals surface area contributed by atoms with Crippen LogP contribution in [-0.4, -0.2) is 52.6 Å². The van der Waals surface area contributed by atoms with Gasteiger partial charge in [-0.15, -0.1) is 0 Å². The van der Waals surface area contributed by atoms with Crippen LogP contribution in [-0.2, 0) is 20.9 Å². The van der Waals surface area contributed by atoms with Gasteiger partial charge in [-0.2, -0.15) is 11.8 Å². The highest BCUT2D eigenvalue weighted by Gasteiger charge is 2.38. The van der Waals surface area contributed by atoms with Crippen LogP contribution in [0.2, 0.25) is 0 Å². The summed E-state index contributed by atoms with van der Waals surface area (Å²) in [4.78, 5) is 35.6. The van der Waals surface area contributed by atoms with Gasteiger partial charge in [0.1, 0.15) is 6.61 Å². The monoisotopic (exact) mass is 470 g/mol. The Balaban J connectivity index is 1.41. The first-order valence-electron chi connectivity index (χ1n) is 11.1. The quantitative estimate of drug-likeness (QED) is 0.136. The van der Waals surface area contributed by atoms with Crippen LogP contribution in [0.3, 0.4) is 0 Å². The van der Waals surface area contributed by atoms with E-state index in [2.05, 4.69) is 10.6 Å². The molecule has 3 N–H and O–H groups in total. The van der Waals surface area contributed by atoms with Gasteiger partial charge in [-0.25, -0.2) is 0 Å². The topological polar surface area (TPSA) is 105 Å². The maximum absolute atomic E-state index is 12.4. The molecule has 1 heterocycles. The first kappa shape index (κ1) is 25.0. The summed E-state index contributed by atoms with van der Waals surface area (Å²) < 4.78 is 5.31. The number of esters is 1. The highest BCUT2D eigenvalue weighted by Crippen LogP contribution is 2.31. The molecule has 0 spiro atoms. The molecule has 7 nitrogen and oxygen atoms in total. The van der Waals surface area contributed by atoms with Gasteiger partial charge in [0.15, 0.2) is 6.23 Å². The Morgan fingerprint density at radius 3 is 2.48 bits per heavy atom. The third kappa shape index (κ3) is 7.70. The van der Waals surface area contributed by atoms with Gasteiger partial charge in [0, 0.05) is 29.0 Å². The van der Waals surface area contributed by atoms with E-state index in [0.717, 1.165) is 18.4 Å². The third-order valence-corrected chi connectivity index (χ3v) is 7.13. The van der Waals surface area contributed by atoms with Crippen molar-refractivity contribution in [1.82, 2.24) is 10.6 Å². The summed E-state index contributed by atoms with van der Waals surface area (Å²) in [5.41, 5.74) is 1.39. The number of ether oxygens (including phenoxy) is 1. The highest BCUT2D eigenvalue weighted by atomic mass is 32.2. The number of hydrogen-bond acceptors (Lipinski definition) is 7. The molecule has 0 bridgehead atoms. The molecule has 0 radical (unpaired) electrons. The van der Waals surface area contributed by atoms with Crippen LogP contribution >= 0.6 is 11.8 Å². The zero-order valence-corrected chi connectivity index (χ0v) is 19.2.